The Hall–Kier alpha value is -2.63. The Morgan fingerprint density at radius 1 is 1.11 bits per heavy atom. The second-order valence-electron chi connectivity index (χ2n) is 6.83. The van der Waals surface area contributed by atoms with E-state index in [4.69, 9.17) is 4.74 Å². The molecule has 1 aromatic carbocycles. The lowest BCUT2D eigenvalue weighted by molar-refractivity contribution is 0.102. The number of nitrogens with one attached hydrogen (secondary N) is 1. The van der Waals surface area contributed by atoms with E-state index in [2.05, 4.69) is 34.0 Å². The topological polar surface area (TPSA) is 67.4 Å². The fraction of sp³-hybridized carbons (Fsp3) is 0.476. The summed E-state index contributed by atoms with van der Waals surface area (Å²) in [5.74, 6) is 1.15. The summed E-state index contributed by atoms with van der Waals surface area (Å²) in [4.78, 5) is 23.8. The maximum atomic E-state index is 12.7. The summed E-state index contributed by atoms with van der Waals surface area (Å²) < 4.78 is 5.62. The number of anilines is 2. The number of hydrogen-bond acceptors (Lipinski definition) is 5. The molecule has 1 aromatic heterocycles. The molecular weight excluding hydrogens is 340 g/mol. The Kier molecular flexibility index (Phi) is 7.58. The highest BCUT2D eigenvalue weighted by Crippen LogP contribution is 2.18. The Balaban J connectivity index is 2.15. The SMILES string of the molecule is CCCN(CCC)c1nc(C)cc(C(=O)Nc2ccc(OC(C)C)cc2)n1. The van der Waals surface area contributed by atoms with Crippen LogP contribution in [0.3, 0.4) is 0 Å². The fourth-order valence-corrected chi connectivity index (χ4v) is 2.75. The molecule has 0 aliphatic carbocycles. The molecule has 1 N–H and O–H groups in total. The number of carbonyl (C=O) groups is 1. The summed E-state index contributed by atoms with van der Waals surface area (Å²) >= 11 is 0. The molecule has 27 heavy (non-hydrogen) atoms. The molecule has 0 aliphatic rings. The predicted octanol–water partition coefficient (Wildman–Crippen LogP) is 4.45. The average molecular weight is 370 g/mol. The van der Waals surface area contributed by atoms with Crippen molar-refractivity contribution in [3.8, 4) is 5.75 Å². The van der Waals surface area contributed by atoms with Gasteiger partial charge < -0.3 is 15.0 Å². The van der Waals surface area contributed by atoms with Gasteiger partial charge in [-0.15, -0.1) is 0 Å². The standard InChI is InChI=1S/C21H30N4O2/c1-6-12-25(13-7-2)21-22-16(5)14-19(24-21)20(26)23-17-8-10-18(11-9-17)27-15(3)4/h8-11,14-15H,6-7,12-13H2,1-5H3,(H,23,26). The summed E-state index contributed by atoms with van der Waals surface area (Å²) in [6, 6.07) is 9.05. The van der Waals surface area contributed by atoms with Crippen LogP contribution in [-0.4, -0.2) is 35.1 Å². The first-order valence-corrected chi connectivity index (χ1v) is 9.61. The zero-order chi connectivity index (χ0) is 19.8. The van der Waals surface area contributed by atoms with Crippen LogP contribution in [0.25, 0.3) is 0 Å². The maximum Gasteiger partial charge on any atom is 0.274 e. The summed E-state index contributed by atoms with van der Waals surface area (Å²) in [6.07, 6.45) is 2.12. The van der Waals surface area contributed by atoms with Crippen molar-refractivity contribution in [2.24, 2.45) is 0 Å². The zero-order valence-corrected chi connectivity index (χ0v) is 17.0. The first-order chi connectivity index (χ1) is 12.9. The Morgan fingerprint density at radius 2 is 1.74 bits per heavy atom. The highest BCUT2D eigenvalue weighted by atomic mass is 16.5. The Labute approximate surface area is 162 Å². The van der Waals surface area contributed by atoms with Gasteiger partial charge in [-0.05, 0) is 63.9 Å². The quantitative estimate of drug-likeness (QED) is 0.706. The van der Waals surface area contributed by atoms with Crippen LogP contribution in [0, 0.1) is 6.92 Å². The third kappa shape index (κ3) is 6.24. The number of carbonyl (C=O) groups excluding carboxylic acids is 1. The molecule has 1 amide bonds. The van der Waals surface area contributed by atoms with Crippen molar-refractivity contribution in [1.29, 1.82) is 0 Å². The number of hydrogen-bond donors (Lipinski definition) is 1. The van der Waals surface area contributed by atoms with Crippen LogP contribution in [0.1, 0.15) is 56.7 Å². The molecule has 0 aliphatic heterocycles. The van der Waals surface area contributed by atoms with Gasteiger partial charge in [0.2, 0.25) is 5.95 Å². The molecular formula is C21H30N4O2. The normalized spacial score (nSPS) is 10.7. The summed E-state index contributed by atoms with van der Waals surface area (Å²) in [6.45, 7) is 11.8. The van der Waals surface area contributed by atoms with Crippen LogP contribution in [0.15, 0.2) is 30.3 Å². The zero-order valence-electron chi connectivity index (χ0n) is 17.0. The lowest BCUT2D eigenvalue weighted by atomic mass is 10.2. The summed E-state index contributed by atoms with van der Waals surface area (Å²) in [7, 11) is 0. The molecule has 0 unspecified atom stereocenters. The van der Waals surface area contributed by atoms with E-state index in [9.17, 15) is 4.79 Å². The summed E-state index contributed by atoms with van der Waals surface area (Å²) in [5.41, 5.74) is 1.85. The molecule has 2 aromatic rings. The Bertz CT molecular complexity index is 738. The first kappa shape index (κ1) is 20.7. The van der Waals surface area contributed by atoms with Crippen molar-refractivity contribution in [2.45, 2.75) is 53.6 Å². The number of amides is 1. The van der Waals surface area contributed by atoms with Gasteiger partial charge in [0.05, 0.1) is 6.10 Å². The van der Waals surface area contributed by atoms with Crippen LogP contribution in [-0.2, 0) is 0 Å². The van der Waals surface area contributed by atoms with E-state index in [1.807, 2.05) is 45.0 Å². The molecule has 2 rings (SSSR count). The van der Waals surface area contributed by atoms with Crippen LogP contribution in [0.2, 0.25) is 0 Å². The molecule has 0 atom stereocenters. The molecule has 6 heteroatoms. The van der Waals surface area contributed by atoms with Crippen LogP contribution in [0.4, 0.5) is 11.6 Å². The fourth-order valence-electron chi connectivity index (χ4n) is 2.75. The predicted molar refractivity (Wildman–Crippen MR) is 110 cm³/mol. The highest BCUT2D eigenvalue weighted by molar-refractivity contribution is 6.03. The average Bonchev–Trinajstić information content (AvgIpc) is 2.62. The van der Waals surface area contributed by atoms with Gasteiger partial charge in [0.1, 0.15) is 11.4 Å². The third-order valence-corrected chi connectivity index (χ3v) is 3.83. The first-order valence-electron chi connectivity index (χ1n) is 9.61. The van der Waals surface area contributed by atoms with Crippen molar-refractivity contribution in [3.05, 3.63) is 41.7 Å². The van der Waals surface area contributed by atoms with E-state index in [-0.39, 0.29) is 12.0 Å². The van der Waals surface area contributed by atoms with E-state index >= 15 is 0 Å². The van der Waals surface area contributed by atoms with Gasteiger partial charge >= 0.3 is 0 Å². The van der Waals surface area contributed by atoms with Gasteiger partial charge in [-0.25, -0.2) is 9.97 Å². The van der Waals surface area contributed by atoms with Gasteiger partial charge in [0.25, 0.3) is 5.91 Å². The number of benzene rings is 1. The van der Waals surface area contributed by atoms with E-state index in [0.29, 0.717) is 17.3 Å². The number of nitrogens with zero attached hydrogens (tertiary/aromatic N) is 3. The van der Waals surface area contributed by atoms with Gasteiger partial charge in [0, 0.05) is 24.5 Å². The molecule has 0 bridgehead atoms. The minimum Gasteiger partial charge on any atom is -0.491 e. The van der Waals surface area contributed by atoms with Crippen molar-refractivity contribution in [2.75, 3.05) is 23.3 Å². The molecule has 0 spiro atoms. The number of ether oxygens (including phenoxy) is 1. The van der Waals surface area contributed by atoms with Crippen LogP contribution >= 0.6 is 0 Å². The minimum absolute atomic E-state index is 0.113. The van der Waals surface area contributed by atoms with Crippen LogP contribution < -0.4 is 15.0 Å². The lowest BCUT2D eigenvalue weighted by Gasteiger charge is -2.22. The van der Waals surface area contributed by atoms with E-state index in [1.54, 1.807) is 6.07 Å². The molecule has 0 saturated heterocycles. The smallest absolute Gasteiger partial charge is 0.274 e. The number of rotatable bonds is 9. The molecule has 0 radical (unpaired) electrons. The molecule has 0 fully saturated rings. The summed E-state index contributed by atoms with van der Waals surface area (Å²) in [5, 5.41) is 2.89. The monoisotopic (exact) mass is 370 g/mol. The lowest BCUT2D eigenvalue weighted by Crippen LogP contribution is -2.28. The highest BCUT2D eigenvalue weighted by Gasteiger charge is 2.15. The minimum atomic E-state index is -0.243. The van der Waals surface area contributed by atoms with E-state index in [1.165, 1.54) is 0 Å². The van der Waals surface area contributed by atoms with E-state index < -0.39 is 0 Å². The van der Waals surface area contributed by atoms with Gasteiger partial charge in [0.15, 0.2) is 0 Å². The van der Waals surface area contributed by atoms with Crippen molar-refractivity contribution < 1.29 is 9.53 Å². The van der Waals surface area contributed by atoms with E-state index in [0.717, 1.165) is 37.4 Å². The van der Waals surface area contributed by atoms with Crippen molar-refractivity contribution >= 4 is 17.5 Å². The van der Waals surface area contributed by atoms with Gasteiger partial charge in [-0.3, -0.25) is 4.79 Å². The molecule has 0 saturated carbocycles. The molecule has 6 nitrogen and oxygen atoms in total. The molecule has 1 heterocycles. The third-order valence-electron chi connectivity index (χ3n) is 3.83. The molecule has 146 valence electrons. The Morgan fingerprint density at radius 3 is 2.30 bits per heavy atom. The second kappa shape index (κ2) is 9.90. The number of aromatic nitrogens is 2. The van der Waals surface area contributed by atoms with Crippen molar-refractivity contribution in [3.63, 3.8) is 0 Å². The second-order valence-corrected chi connectivity index (χ2v) is 6.83. The van der Waals surface area contributed by atoms with Crippen molar-refractivity contribution in [1.82, 2.24) is 9.97 Å². The van der Waals surface area contributed by atoms with Crippen LogP contribution in [0.5, 0.6) is 5.75 Å². The van der Waals surface area contributed by atoms with Gasteiger partial charge in [-0.1, -0.05) is 13.8 Å². The largest absolute Gasteiger partial charge is 0.491 e. The number of aryl methyl sites for hydroxylation is 1. The van der Waals surface area contributed by atoms with Gasteiger partial charge in [-0.2, -0.15) is 0 Å². The maximum absolute atomic E-state index is 12.7.